The van der Waals surface area contributed by atoms with Gasteiger partial charge in [0.15, 0.2) is 0 Å². The lowest BCUT2D eigenvalue weighted by atomic mass is 9.33. The van der Waals surface area contributed by atoms with Crippen LogP contribution in [0.3, 0.4) is 0 Å². The molecule has 0 aliphatic carbocycles. The molecule has 0 unspecified atom stereocenters. The van der Waals surface area contributed by atoms with E-state index in [9.17, 15) is 21.9 Å². The van der Waals surface area contributed by atoms with E-state index in [0.29, 0.717) is 22.7 Å². The van der Waals surface area contributed by atoms with Crippen LogP contribution in [0.4, 0.5) is 34.1 Å². The Morgan fingerprint density at radius 1 is 0.238 bits per heavy atom. The van der Waals surface area contributed by atoms with Gasteiger partial charge in [-0.15, -0.1) is 0 Å². The molecule has 0 saturated heterocycles. The Balaban J connectivity index is 0.819. The summed E-state index contributed by atoms with van der Waals surface area (Å²) in [4.78, 5) is 4.80. The third kappa shape index (κ3) is 9.00. The van der Waals surface area contributed by atoms with Gasteiger partial charge in [0.2, 0.25) is 0 Å². The van der Waals surface area contributed by atoms with Gasteiger partial charge in [0.25, 0.3) is 6.71 Å². The predicted molar refractivity (Wildman–Crippen MR) is 534 cm³/mol. The molecule has 8 aromatic heterocycles. The van der Waals surface area contributed by atoms with Crippen molar-refractivity contribution in [3.8, 4) is 55.9 Å². The van der Waals surface area contributed by atoms with Crippen LogP contribution in [0.5, 0.6) is 0 Å². The van der Waals surface area contributed by atoms with Crippen molar-refractivity contribution in [2.45, 2.75) is 26.2 Å². The van der Waals surface area contributed by atoms with Crippen molar-refractivity contribution in [2.75, 3.05) is 9.80 Å². The van der Waals surface area contributed by atoms with Crippen molar-refractivity contribution < 1.29 is 21.9 Å². The minimum atomic E-state index is -0.845. The number of fused-ring (bicyclic) bond motifs is 28. The van der Waals surface area contributed by atoms with E-state index in [-0.39, 0.29) is 43.6 Å². The van der Waals surface area contributed by atoms with Crippen LogP contribution in [0, 0.1) is 0 Å². The number of benzene rings is 19. The van der Waals surface area contributed by atoms with Gasteiger partial charge < -0.3 is 32.1 Å². The molecule has 2 aliphatic rings. The summed E-state index contributed by atoms with van der Waals surface area (Å²) in [6.07, 6.45) is 0. The van der Waals surface area contributed by atoms with Crippen LogP contribution in [0.1, 0.15) is 48.3 Å². The molecule has 0 saturated carbocycles. The number of nitrogens with zero attached hydrogens (tertiary/aromatic N) is 7. The molecule has 0 spiro atoms. The number of hydrogen-bond acceptors (Lipinski definition) is 2. The number of hydrogen-bond donors (Lipinski definition) is 0. The summed E-state index contributed by atoms with van der Waals surface area (Å²) >= 11 is 0. The van der Waals surface area contributed by atoms with Crippen LogP contribution in [0.25, 0.3) is 214 Å². The molecule has 0 bridgehead atoms. The second-order valence-electron chi connectivity index (χ2n) is 35.0. The molecule has 2 aliphatic heterocycles. The number of para-hydroxylation sites is 12. The first-order valence-corrected chi connectivity index (χ1v) is 42.8. The van der Waals surface area contributed by atoms with E-state index < -0.39 is 109 Å². The van der Waals surface area contributed by atoms with Crippen LogP contribution in [0.2, 0.25) is 0 Å². The van der Waals surface area contributed by atoms with E-state index in [1.807, 2.05) is 42.5 Å². The lowest BCUT2D eigenvalue weighted by Gasteiger charge is -2.46. The van der Waals surface area contributed by atoms with Gasteiger partial charge in [-0.25, -0.2) is 0 Å². The smallest absolute Gasteiger partial charge is 0.252 e. The van der Waals surface area contributed by atoms with Crippen LogP contribution >= 0.6 is 0 Å². The van der Waals surface area contributed by atoms with Crippen molar-refractivity contribution in [2.24, 2.45) is 0 Å². The Morgan fingerprint density at radius 3 is 0.833 bits per heavy atom. The molecular formula is C118H74BN7. The fourth-order valence-electron chi connectivity index (χ4n) is 22.5. The maximum absolute atomic E-state index is 10.2. The first-order valence-electron chi connectivity index (χ1n) is 50.8. The molecule has 0 fully saturated rings. The lowest BCUT2D eigenvalue weighted by Crippen LogP contribution is -2.61. The van der Waals surface area contributed by atoms with Crippen LogP contribution < -0.4 is 26.2 Å². The predicted octanol–water partition coefficient (Wildman–Crippen LogP) is 29.4. The van der Waals surface area contributed by atoms with Gasteiger partial charge in [-0.1, -0.05) is 281 Å². The summed E-state index contributed by atoms with van der Waals surface area (Å²) in [6.45, 7) is 5.79. The second kappa shape index (κ2) is 24.8. The largest absolute Gasteiger partial charge is 0.310 e. The van der Waals surface area contributed by atoms with E-state index in [1.54, 1.807) is 9.13 Å². The van der Waals surface area contributed by atoms with Crippen molar-refractivity contribution in [1.82, 2.24) is 22.3 Å². The molecule has 10 heterocycles. The molecule has 0 atom stereocenters. The topological polar surface area (TPSA) is 29.6 Å². The fourth-order valence-corrected chi connectivity index (χ4v) is 22.5. The first-order chi connectivity index (χ1) is 68.8. The summed E-state index contributed by atoms with van der Waals surface area (Å²) in [5.74, 6) is 0. The van der Waals surface area contributed by atoms with E-state index in [2.05, 4.69) is 299 Å². The second-order valence-corrected chi connectivity index (χ2v) is 35.0. The molecule has 0 amide bonds. The molecule has 7 nitrogen and oxygen atoms in total. The summed E-state index contributed by atoms with van der Waals surface area (Å²) in [5, 5.41) is 12.3. The van der Waals surface area contributed by atoms with Crippen LogP contribution in [-0.2, 0) is 5.41 Å². The summed E-state index contributed by atoms with van der Waals surface area (Å²) in [5.41, 5.74) is 23.3. The van der Waals surface area contributed by atoms with Crippen molar-refractivity contribution in [1.29, 1.82) is 0 Å². The lowest BCUT2D eigenvalue weighted by molar-refractivity contribution is 0.590. The Kier molecular flexibility index (Phi) is 10.8. The van der Waals surface area contributed by atoms with Crippen molar-refractivity contribution in [3.63, 3.8) is 0 Å². The minimum absolute atomic E-state index is 0.0599. The minimum Gasteiger partial charge on any atom is -0.310 e. The third-order valence-electron chi connectivity index (χ3n) is 27.6. The summed E-state index contributed by atoms with van der Waals surface area (Å²) in [6, 6.07) is 97.1. The zero-order chi connectivity index (χ0) is 96.3. The molecule has 0 radical (unpaired) electrons. The fraction of sp³-hybridized carbons (Fsp3) is 0.0339. The van der Waals surface area contributed by atoms with Crippen molar-refractivity contribution >= 4 is 215 Å². The Morgan fingerprint density at radius 2 is 0.524 bits per heavy atom. The molecule has 19 aromatic carbocycles. The van der Waals surface area contributed by atoms with Gasteiger partial charge >= 0.3 is 0 Å². The van der Waals surface area contributed by atoms with Crippen molar-refractivity contribution in [3.05, 3.63) is 399 Å². The number of rotatable bonds is 8. The van der Waals surface area contributed by atoms with Gasteiger partial charge in [0.1, 0.15) is 0 Å². The monoisotopic (exact) mass is 1620 g/mol. The van der Waals surface area contributed by atoms with Gasteiger partial charge in [-0.3, -0.25) is 0 Å². The Bertz CT molecular complexity index is 9900. The van der Waals surface area contributed by atoms with Gasteiger partial charge in [0, 0.05) is 143 Å². The molecule has 584 valence electrons. The first kappa shape index (κ1) is 55.0. The van der Waals surface area contributed by atoms with E-state index in [4.69, 9.17) is 0 Å². The Hall–Kier alpha value is -16.2. The van der Waals surface area contributed by atoms with E-state index in [0.717, 1.165) is 203 Å². The van der Waals surface area contributed by atoms with Gasteiger partial charge in [-0.05, 0) is 183 Å². The number of anilines is 6. The highest BCUT2D eigenvalue weighted by atomic mass is 15.2. The summed E-state index contributed by atoms with van der Waals surface area (Å²) in [7, 11) is 0. The highest BCUT2D eigenvalue weighted by Gasteiger charge is 2.47. The average Bonchev–Trinajstić information content (AvgIpc) is 0.938. The average molecular weight is 1620 g/mol. The molecule has 29 rings (SSSR count). The maximum atomic E-state index is 10.2. The van der Waals surface area contributed by atoms with Crippen LogP contribution in [-0.4, -0.2) is 29.0 Å². The van der Waals surface area contributed by atoms with Crippen LogP contribution in [0.15, 0.2) is 394 Å². The molecule has 0 N–H and O–H groups in total. The summed E-state index contributed by atoms with van der Waals surface area (Å²) < 4.78 is 166. The normalized spacial score (nSPS) is 14.9. The SMILES string of the molecule is [2H]c1c([2H])c([2H])c2c(c1[2H])c1c([2H])c([2H])c([2H])c([2H])c1n2-c1ccc2c(c1)N(c1c(-c3ccccc3)cccc1-c1cc3c4ccccc4n4c5ccccc5c(c1)c34)c1cc(C(C)(C)C)cc3c1B2c1ccc(-n2c4c([2H])c([2H])c([2H])c([2H])c4c4c([2H])c([2H])c([2H])c([2H])c42)cc1N3c1c(-c2cc3c4ccccc4n4c5ccccc5c(c2)c34)cccc1-c1cc2c3ccccc3n3c4ccccc4c(c1)c23. The zero-order valence-corrected chi connectivity index (χ0v) is 68.0. The van der Waals surface area contributed by atoms with E-state index in [1.165, 1.54) is 0 Å². The quantitative estimate of drug-likeness (QED) is 0.142. The van der Waals surface area contributed by atoms with E-state index >= 15 is 0 Å². The molecule has 27 aromatic rings. The zero-order valence-electron chi connectivity index (χ0n) is 84.0. The third-order valence-corrected chi connectivity index (χ3v) is 27.6. The van der Waals surface area contributed by atoms with Gasteiger partial charge in [-0.2, -0.15) is 0 Å². The van der Waals surface area contributed by atoms with Gasteiger partial charge in [0.05, 0.1) is 105 Å². The molecular weight excluding hydrogens is 1530 g/mol. The molecule has 126 heavy (non-hydrogen) atoms. The molecule has 8 heteroatoms. The standard InChI is InChI=1S/C118H74BN7/c1-118(2,3)73-65-110-112-111(66-73)126(114-78(71-61-92-86-37-13-23-51-104(86)123-105-52-24-14-38-87(105)93(62-71)116(92)123)43-28-44-79(114)72-63-94-88-39-15-25-53-106(88)124-107-54-26-16-40-89(107)95(64-72)117(94)124)109-68-75(121-100-47-19-9-33-82(100)83-34-10-20-48-101(83)121)56-58-97(109)119(112)96-57-55-74(120-98-45-17-7-31-80(98)81-32-8-18-46-99(81)120)67-108(96)125(110)113-76(69-29-5-4-6-30-69)41-27-42-77(113)70-59-90-84-35-11-21-49-102(84)122-103-50-22-12-36-85(103)91(60-70)115(90)122/h4-68H,1-3H3/i7D,8D,9D,10D,17D,18D,19D,20D,31D,32D,33D,34D,45D,46D,47D,48D. The number of aromatic nitrogens is 5. The highest BCUT2D eigenvalue weighted by Crippen LogP contribution is 2.58. The maximum Gasteiger partial charge on any atom is 0.252 e. The highest BCUT2D eigenvalue weighted by molar-refractivity contribution is 7.00. The Labute approximate surface area is 746 Å².